The van der Waals surface area contributed by atoms with Crippen molar-refractivity contribution in [3.63, 3.8) is 0 Å². The van der Waals surface area contributed by atoms with Gasteiger partial charge in [-0.25, -0.2) is 14.4 Å². The predicted molar refractivity (Wildman–Crippen MR) is 134 cm³/mol. The van der Waals surface area contributed by atoms with E-state index in [-0.39, 0.29) is 6.03 Å². The lowest BCUT2D eigenvalue weighted by atomic mass is 10.2. The normalized spacial score (nSPS) is 15.5. The third-order valence-electron chi connectivity index (χ3n) is 5.54. The number of rotatable bonds is 4. The van der Waals surface area contributed by atoms with E-state index in [4.69, 9.17) is 10.2 Å². The highest BCUT2D eigenvalue weighted by Gasteiger charge is 2.24. The number of urea groups is 1. The molecular formula is C24H27BrN4O5. The molecule has 2 amide bonds. The van der Waals surface area contributed by atoms with Crippen LogP contribution in [0.5, 0.6) is 0 Å². The van der Waals surface area contributed by atoms with Crippen LogP contribution in [0.15, 0.2) is 59.1 Å². The molecule has 0 aromatic heterocycles. The van der Waals surface area contributed by atoms with Crippen molar-refractivity contribution in [1.82, 2.24) is 9.80 Å². The molecule has 2 aromatic carbocycles. The van der Waals surface area contributed by atoms with Gasteiger partial charge in [0.2, 0.25) is 0 Å². The molecule has 0 saturated carbocycles. The minimum atomic E-state index is -1.26. The number of carbonyl (C=O) groups excluding carboxylic acids is 1. The maximum atomic E-state index is 12.8. The van der Waals surface area contributed by atoms with Crippen LogP contribution in [-0.2, 0) is 16.0 Å². The van der Waals surface area contributed by atoms with Crippen molar-refractivity contribution in [1.29, 1.82) is 0 Å². The lowest BCUT2D eigenvalue weighted by Crippen LogP contribution is -2.48. The van der Waals surface area contributed by atoms with Gasteiger partial charge in [-0.2, -0.15) is 0 Å². The van der Waals surface area contributed by atoms with Crippen LogP contribution in [0.1, 0.15) is 5.56 Å². The number of carboxylic acids is 2. The standard InChI is InChI=1S/C20H23BrN4O.C4H4O4/c1-23-10-12-24(13-11-23)20(26)22-17-14-16(21)6-7-19(17)25-9-8-15-4-2-3-5-18(15)25;5-3(6)1-2-4(7)8/h2-7,14H,8-13H2,1H3,(H,22,26);1-2H,(H,5,6)(H,7,8). The first-order valence-electron chi connectivity index (χ1n) is 10.8. The number of nitrogens with one attached hydrogen (secondary N) is 1. The van der Waals surface area contributed by atoms with Gasteiger partial charge in [0.15, 0.2) is 0 Å². The van der Waals surface area contributed by atoms with Gasteiger partial charge < -0.3 is 30.2 Å². The van der Waals surface area contributed by atoms with Crippen molar-refractivity contribution >= 4 is 51.0 Å². The van der Waals surface area contributed by atoms with Crippen LogP contribution in [0, 0.1) is 0 Å². The number of hydrogen-bond donors (Lipinski definition) is 3. The molecule has 0 bridgehead atoms. The number of piperazine rings is 1. The fourth-order valence-electron chi connectivity index (χ4n) is 3.78. The molecule has 1 fully saturated rings. The highest BCUT2D eigenvalue weighted by molar-refractivity contribution is 9.10. The van der Waals surface area contributed by atoms with E-state index in [0.717, 1.165) is 55.0 Å². The molecule has 9 nitrogen and oxygen atoms in total. The Morgan fingerprint density at radius 2 is 1.56 bits per heavy atom. The predicted octanol–water partition coefficient (Wildman–Crippen LogP) is 3.63. The second-order valence-electron chi connectivity index (χ2n) is 7.92. The fourth-order valence-corrected chi connectivity index (χ4v) is 4.14. The average Bonchev–Trinajstić information content (AvgIpc) is 3.23. The number of anilines is 3. The largest absolute Gasteiger partial charge is 0.478 e. The van der Waals surface area contributed by atoms with Gasteiger partial charge in [0.05, 0.1) is 11.4 Å². The number of halogens is 1. The van der Waals surface area contributed by atoms with E-state index >= 15 is 0 Å². The lowest BCUT2D eigenvalue weighted by molar-refractivity contribution is -0.134. The van der Waals surface area contributed by atoms with Gasteiger partial charge in [-0.1, -0.05) is 34.1 Å². The molecule has 0 aliphatic carbocycles. The van der Waals surface area contributed by atoms with Gasteiger partial charge >= 0.3 is 18.0 Å². The van der Waals surface area contributed by atoms with E-state index in [1.807, 2.05) is 17.0 Å². The molecule has 3 N–H and O–H groups in total. The highest BCUT2D eigenvalue weighted by Crippen LogP contribution is 2.39. The Kier molecular flexibility index (Phi) is 8.67. The van der Waals surface area contributed by atoms with E-state index in [1.165, 1.54) is 11.3 Å². The molecule has 2 aliphatic heterocycles. The number of para-hydroxylation sites is 1. The molecule has 0 atom stereocenters. The highest BCUT2D eigenvalue weighted by atomic mass is 79.9. The number of fused-ring (bicyclic) bond motifs is 1. The quantitative estimate of drug-likeness (QED) is 0.517. The zero-order valence-electron chi connectivity index (χ0n) is 18.8. The SMILES string of the molecule is CN1CCN(C(=O)Nc2cc(Br)ccc2N2CCc3ccccc32)CC1.O=C(O)C=CC(=O)O. The van der Waals surface area contributed by atoms with E-state index in [1.54, 1.807) is 0 Å². The van der Waals surface area contributed by atoms with Crippen molar-refractivity contribution in [2.75, 3.05) is 50.0 Å². The number of hydrogen-bond acceptors (Lipinski definition) is 5. The Bertz CT molecular complexity index is 1070. The third-order valence-corrected chi connectivity index (χ3v) is 6.03. The molecule has 2 aliphatic rings. The monoisotopic (exact) mass is 530 g/mol. The van der Waals surface area contributed by atoms with Crippen LogP contribution < -0.4 is 10.2 Å². The fraction of sp³-hybridized carbons (Fsp3) is 0.292. The summed E-state index contributed by atoms with van der Waals surface area (Å²) < 4.78 is 0.961. The summed E-state index contributed by atoms with van der Waals surface area (Å²) in [7, 11) is 2.09. The van der Waals surface area contributed by atoms with Crippen molar-refractivity contribution in [2.24, 2.45) is 0 Å². The molecule has 2 heterocycles. The first-order chi connectivity index (χ1) is 16.2. The van der Waals surface area contributed by atoms with Gasteiger partial charge in [-0.15, -0.1) is 0 Å². The summed E-state index contributed by atoms with van der Waals surface area (Å²) in [6, 6.07) is 14.5. The summed E-state index contributed by atoms with van der Waals surface area (Å²) in [6.07, 6.45) is 2.14. The van der Waals surface area contributed by atoms with Gasteiger partial charge in [-0.3, -0.25) is 0 Å². The summed E-state index contributed by atoms with van der Waals surface area (Å²) >= 11 is 3.54. The summed E-state index contributed by atoms with van der Waals surface area (Å²) in [5.41, 5.74) is 4.47. The number of carboxylic acid groups (broad SMARTS) is 2. The van der Waals surface area contributed by atoms with Gasteiger partial charge in [0.1, 0.15) is 0 Å². The molecule has 1 saturated heterocycles. The molecule has 10 heteroatoms. The molecule has 0 unspecified atom stereocenters. The van der Waals surface area contributed by atoms with Crippen LogP contribution in [0.2, 0.25) is 0 Å². The van der Waals surface area contributed by atoms with Crippen LogP contribution in [0.4, 0.5) is 21.9 Å². The summed E-state index contributed by atoms with van der Waals surface area (Å²) in [4.78, 5) is 38.3. The van der Waals surface area contributed by atoms with Crippen LogP contribution in [0.3, 0.4) is 0 Å². The molecule has 180 valence electrons. The molecule has 0 radical (unpaired) electrons. The van der Waals surface area contributed by atoms with Crippen LogP contribution >= 0.6 is 15.9 Å². The second-order valence-corrected chi connectivity index (χ2v) is 8.84. The van der Waals surface area contributed by atoms with Gasteiger partial charge in [0, 0.05) is 55.0 Å². The first kappa shape index (κ1) is 25.3. The lowest BCUT2D eigenvalue weighted by Gasteiger charge is -2.33. The molecule has 34 heavy (non-hydrogen) atoms. The molecule has 2 aromatic rings. The van der Waals surface area contributed by atoms with Gasteiger partial charge in [0.25, 0.3) is 0 Å². The van der Waals surface area contributed by atoms with E-state index in [0.29, 0.717) is 12.2 Å². The number of nitrogens with zero attached hydrogens (tertiary/aromatic N) is 3. The Morgan fingerprint density at radius 1 is 0.912 bits per heavy atom. The maximum absolute atomic E-state index is 12.8. The zero-order chi connectivity index (χ0) is 24.7. The van der Waals surface area contributed by atoms with E-state index in [9.17, 15) is 14.4 Å². The van der Waals surface area contributed by atoms with E-state index < -0.39 is 11.9 Å². The summed E-state index contributed by atoms with van der Waals surface area (Å²) in [5.74, 6) is -2.51. The number of benzene rings is 2. The maximum Gasteiger partial charge on any atom is 0.328 e. The third kappa shape index (κ3) is 6.82. The van der Waals surface area contributed by atoms with Crippen molar-refractivity contribution in [3.8, 4) is 0 Å². The summed E-state index contributed by atoms with van der Waals surface area (Å²) in [6.45, 7) is 4.28. The number of likely N-dealkylation sites (N-methyl/N-ethyl adjacent to an activating group) is 1. The number of carbonyl (C=O) groups is 3. The average molecular weight is 531 g/mol. The zero-order valence-corrected chi connectivity index (χ0v) is 20.4. The number of amides is 2. The minimum absolute atomic E-state index is 0.0232. The van der Waals surface area contributed by atoms with Crippen molar-refractivity contribution in [2.45, 2.75) is 6.42 Å². The van der Waals surface area contributed by atoms with Crippen molar-refractivity contribution < 1.29 is 24.6 Å². The Labute approximate surface area is 206 Å². The van der Waals surface area contributed by atoms with Crippen LogP contribution in [0.25, 0.3) is 0 Å². The topological polar surface area (TPSA) is 113 Å². The van der Waals surface area contributed by atoms with E-state index in [2.05, 4.69) is 68.4 Å². The Hall–Kier alpha value is -3.37. The molecule has 0 spiro atoms. The number of aliphatic carboxylic acids is 2. The first-order valence-corrected chi connectivity index (χ1v) is 11.6. The van der Waals surface area contributed by atoms with Gasteiger partial charge in [-0.05, 0) is 43.3 Å². The smallest absolute Gasteiger partial charge is 0.328 e. The second kappa shape index (κ2) is 11.7. The Balaban J connectivity index is 0.000000350. The van der Waals surface area contributed by atoms with Crippen molar-refractivity contribution in [3.05, 3.63) is 64.7 Å². The minimum Gasteiger partial charge on any atom is -0.478 e. The van der Waals surface area contributed by atoms with Crippen LogP contribution in [-0.4, -0.2) is 77.8 Å². The Morgan fingerprint density at radius 3 is 2.21 bits per heavy atom. The molecule has 4 rings (SSSR count). The summed E-state index contributed by atoms with van der Waals surface area (Å²) in [5, 5.41) is 18.8. The molecular weight excluding hydrogens is 504 g/mol.